The van der Waals surface area contributed by atoms with Crippen molar-refractivity contribution in [2.45, 2.75) is 38.3 Å². The highest BCUT2D eigenvalue weighted by molar-refractivity contribution is 5.87. The summed E-state index contributed by atoms with van der Waals surface area (Å²) < 4.78 is 0. The highest BCUT2D eigenvalue weighted by atomic mass is 16.2. The van der Waals surface area contributed by atoms with Gasteiger partial charge in [0.05, 0.1) is 18.5 Å². The monoisotopic (exact) mass is 263 g/mol. The van der Waals surface area contributed by atoms with Crippen LogP contribution in [-0.4, -0.2) is 17.9 Å². The van der Waals surface area contributed by atoms with E-state index in [0.717, 1.165) is 18.4 Å². The maximum atomic E-state index is 11.9. The van der Waals surface area contributed by atoms with E-state index in [1.807, 2.05) is 37.3 Å². The Morgan fingerprint density at radius 1 is 1.26 bits per heavy atom. The fourth-order valence-electron chi connectivity index (χ4n) is 1.88. The van der Waals surface area contributed by atoms with E-state index in [1.54, 1.807) is 0 Å². The lowest BCUT2D eigenvalue weighted by Gasteiger charge is -2.20. The first-order valence-corrected chi connectivity index (χ1v) is 6.43. The molecular formula is C14H21N3O2. The largest absolute Gasteiger partial charge is 0.370 e. The highest BCUT2D eigenvalue weighted by Gasteiger charge is 2.20. The number of nitrogens with one attached hydrogen (secondary N) is 1. The molecule has 2 unspecified atom stereocenters. The number of hydrogen-bond acceptors (Lipinski definition) is 3. The molecule has 0 aliphatic heterocycles. The molecule has 1 aromatic carbocycles. The lowest BCUT2D eigenvalue weighted by molar-refractivity contribution is -0.126. The number of rotatable bonds is 7. The standard InChI is InChI=1S/C14H21N3O2/c1-2-6-12(10-7-4-3-5-8-10)17-14(19)11(15)9-13(16)18/h3-5,7-8,11-12H,2,6,9,15H2,1H3,(H2,16,18)(H,17,19). The van der Waals surface area contributed by atoms with Crippen LogP contribution >= 0.6 is 0 Å². The minimum atomic E-state index is -0.888. The summed E-state index contributed by atoms with van der Waals surface area (Å²) in [6.07, 6.45) is 1.61. The Hall–Kier alpha value is -1.88. The molecule has 0 saturated heterocycles. The first-order valence-electron chi connectivity index (χ1n) is 6.43. The Morgan fingerprint density at radius 2 is 1.89 bits per heavy atom. The molecule has 0 spiro atoms. The first-order chi connectivity index (χ1) is 9.04. The van der Waals surface area contributed by atoms with Gasteiger partial charge in [-0.05, 0) is 12.0 Å². The molecular weight excluding hydrogens is 242 g/mol. The van der Waals surface area contributed by atoms with Crippen molar-refractivity contribution in [2.75, 3.05) is 0 Å². The fourth-order valence-corrected chi connectivity index (χ4v) is 1.88. The van der Waals surface area contributed by atoms with Gasteiger partial charge in [-0.2, -0.15) is 0 Å². The molecule has 0 bridgehead atoms. The fraction of sp³-hybridized carbons (Fsp3) is 0.429. The molecule has 104 valence electrons. The van der Waals surface area contributed by atoms with Crippen molar-refractivity contribution in [2.24, 2.45) is 11.5 Å². The quantitative estimate of drug-likeness (QED) is 0.680. The van der Waals surface area contributed by atoms with E-state index in [1.165, 1.54) is 0 Å². The van der Waals surface area contributed by atoms with Gasteiger partial charge in [-0.1, -0.05) is 43.7 Å². The minimum Gasteiger partial charge on any atom is -0.370 e. The van der Waals surface area contributed by atoms with Gasteiger partial charge < -0.3 is 16.8 Å². The Bertz CT molecular complexity index is 420. The number of primary amides is 1. The number of nitrogens with two attached hydrogens (primary N) is 2. The van der Waals surface area contributed by atoms with Gasteiger partial charge >= 0.3 is 0 Å². The van der Waals surface area contributed by atoms with Crippen LogP contribution in [0.2, 0.25) is 0 Å². The summed E-state index contributed by atoms with van der Waals surface area (Å²) in [6.45, 7) is 2.05. The third-order valence-electron chi connectivity index (χ3n) is 2.85. The average Bonchev–Trinajstić information content (AvgIpc) is 2.38. The Morgan fingerprint density at radius 3 is 2.42 bits per heavy atom. The summed E-state index contributed by atoms with van der Waals surface area (Å²) in [5, 5.41) is 2.87. The van der Waals surface area contributed by atoms with Crippen LogP contribution in [0.5, 0.6) is 0 Å². The summed E-state index contributed by atoms with van der Waals surface area (Å²) in [5.41, 5.74) is 11.7. The number of amides is 2. The maximum Gasteiger partial charge on any atom is 0.237 e. The molecule has 1 rings (SSSR count). The van der Waals surface area contributed by atoms with Gasteiger partial charge in [0.1, 0.15) is 0 Å². The van der Waals surface area contributed by atoms with E-state index in [2.05, 4.69) is 5.32 Å². The molecule has 19 heavy (non-hydrogen) atoms. The number of carbonyl (C=O) groups is 2. The SMILES string of the molecule is CCCC(NC(=O)C(N)CC(N)=O)c1ccccc1. The third-order valence-corrected chi connectivity index (χ3v) is 2.85. The van der Waals surface area contributed by atoms with E-state index in [-0.39, 0.29) is 18.4 Å². The van der Waals surface area contributed by atoms with Gasteiger partial charge in [0.2, 0.25) is 11.8 Å². The van der Waals surface area contributed by atoms with Gasteiger partial charge in [0, 0.05) is 0 Å². The summed E-state index contributed by atoms with van der Waals surface area (Å²) in [7, 11) is 0. The van der Waals surface area contributed by atoms with E-state index in [4.69, 9.17) is 11.5 Å². The third kappa shape index (κ3) is 5.09. The maximum absolute atomic E-state index is 11.9. The second-order valence-corrected chi connectivity index (χ2v) is 4.54. The predicted molar refractivity (Wildman–Crippen MR) is 74.0 cm³/mol. The minimum absolute atomic E-state index is 0.0855. The molecule has 0 aliphatic carbocycles. The van der Waals surface area contributed by atoms with Crippen molar-refractivity contribution in [1.82, 2.24) is 5.32 Å². The van der Waals surface area contributed by atoms with Crippen LogP contribution < -0.4 is 16.8 Å². The molecule has 2 amide bonds. The summed E-state index contributed by atoms with van der Waals surface area (Å²) in [4.78, 5) is 22.7. The van der Waals surface area contributed by atoms with Crippen molar-refractivity contribution in [3.05, 3.63) is 35.9 Å². The number of carbonyl (C=O) groups excluding carboxylic acids is 2. The van der Waals surface area contributed by atoms with Gasteiger partial charge in [0.15, 0.2) is 0 Å². The van der Waals surface area contributed by atoms with Crippen molar-refractivity contribution in [1.29, 1.82) is 0 Å². The van der Waals surface area contributed by atoms with Crippen LogP contribution in [0.15, 0.2) is 30.3 Å². The van der Waals surface area contributed by atoms with Crippen LogP contribution in [0.3, 0.4) is 0 Å². The van der Waals surface area contributed by atoms with Crippen molar-refractivity contribution < 1.29 is 9.59 Å². The summed E-state index contributed by atoms with van der Waals surface area (Å²) in [5.74, 6) is -0.921. The lowest BCUT2D eigenvalue weighted by Crippen LogP contribution is -2.44. The van der Waals surface area contributed by atoms with Crippen LogP contribution in [-0.2, 0) is 9.59 Å². The Balaban J connectivity index is 2.68. The number of hydrogen-bond donors (Lipinski definition) is 3. The molecule has 1 aromatic rings. The highest BCUT2D eigenvalue weighted by Crippen LogP contribution is 2.18. The molecule has 0 saturated carbocycles. The molecule has 0 radical (unpaired) electrons. The van der Waals surface area contributed by atoms with E-state index in [0.29, 0.717) is 0 Å². The Labute approximate surface area is 113 Å². The van der Waals surface area contributed by atoms with Gasteiger partial charge in [-0.3, -0.25) is 9.59 Å². The molecule has 0 fully saturated rings. The summed E-state index contributed by atoms with van der Waals surface area (Å²) in [6, 6.07) is 8.72. The van der Waals surface area contributed by atoms with Crippen molar-refractivity contribution in [3.63, 3.8) is 0 Å². The van der Waals surface area contributed by atoms with Gasteiger partial charge in [-0.15, -0.1) is 0 Å². The lowest BCUT2D eigenvalue weighted by atomic mass is 10.0. The van der Waals surface area contributed by atoms with Crippen LogP contribution in [0, 0.1) is 0 Å². The topological polar surface area (TPSA) is 98.2 Å². The number of benzene rings is 1. The van der Waals surface area contributed by atoms with Crippen molar-refractivity contribution >= 4 is 11.8 Å². The molecule has 5 N–H and O–H groups in total. The zero-order chi connectivity index (χ0) is 14.3. The molecule has 0 heterocycles. The van der Waals surface area contributed by atoms with Gasteiger partial charge in [-0.25, -0.2) is 0 Å². The van der Waals surface area contributed by atoms with Crippen molar-refractivity contribution in [3.8, 4) is 0 Å². The average molecular weight is 263 g/mol. The van der Waals surface area contributed by atoms with Crippen LogP contribution in [0.1, 0.15) is 37.8 Å². The molecule has 0 aliphatic rings. The van der Waals surface area contributed by atoms with E-state index >= 15 is 0 Å². The normalized spacial score (nSPS) is 13.6. The second-order valence-electron chi connectivity index (χ2n) is 4.54. The smallest absolute Gasteiger partial charge is 0.237 e. The molecule has 0 aromatic heterocycles. The zero-order valence-electron chi connectivity index (χ0n) is 11.1. The summed E-state index contributed by atoms with van der Waals surface area (Å²) >= 11 is 0. The molecule has 2 atom stereocenters. The van der Waals surface area contributed by atoms with E-state index in [9.17, 15) is 9.59 Å². The zero-order valence-corrected chi connectivity index (χ0v) is 11.1. The first kappa shape index (κ1) is 15.2. The van der Waals surface area contributed by atoms with Crippen LogP contribution in [0.4, 0.5) is 0 Å². The van der Waals surface area contributed by atoms with Crippen LogP contribution in [0.25, 0.3) is 0 Å². The second kappa shape index (κ2) is 7.53. The molecule has 5 heteroatoms. The molecule has 5 nitrogen and oxygen atoms in total. The van der Waals surface area contributed by atoms with Gasteiger partial charge in [0.25, 0.3) is 0 Å². The predicted octanol–water partition coefficient (Wildman–Crippen LogP) is 0.847. The van der Waals surface area contributed by atoms with E-state index < -0.39 is 11.9 Å². The Kier molecular flexibility index (Phi) is 6.02.